The molecule has 0 aliphatic heterocycles. The number of anilines is 1. The van der Waals surface area contributed by atoms with Crippen molar-refractivity contribution in [2.75, 3.05) is 26.0 Å². The number of amides is 1. The number of nitrogens with two attached hydrogens (primary N) is 1. The van der Waals surface area contributed by atoms with Crippen molar-refractivity contribution >= 4 is 23.2 Å². The summed E-state index contributed by atoms with van der Waals surface area (Å²) in [6.45, 7) is 5.12. The molecule has 0 bridgehead atoms. The number of carbonyl (C=O) groups excluding carboxylic acids is 1. The molecule has 0 spiro atoms. The Kier molecular flexibility index (Phi) is 6.12. The normalized spacial score (nSPS) is 12.2. The van der Waals surface area contributed by atoms with Crippen LogP contribution < -0.4 is 5.73 Å². The monoisotopic (exact) mass is 284 g/mol. The van der Waals surface area contributed by atoms with E-state index in [0.717, 1.165) is 6.42 Å². The summed E-state index contributed by atoms with van der Waals surface area (Å²) in [6.07, 6.45) is 0.880. The summed E-state index contributed by atoms with van der Waals surface area (Å²) in [5.74, 6) is -0.0689. The third-order valence-corrected chi connectivity index (χ3v) is 3.31. The Bertz CT molecular complexity index is 417. The van der Waals surface area contributed by atoms with Gasteiger partial charge in [-0.1, -0.05) is 18.5 Å². The molecular weight excluding hydrogens is 264 g/mol. The smallest absolute Gasteiger partial charge is 0.254 e. The van der Waals surface area contributed by atoms with Gasteiger partial charge in [0.25, 0.3) is 5.91 Å². The summed E-state index contributed by atoms with van der Waals surface area (Å²) < 4.78 is 5.06. The maximum Gasteiger partial charge on any atom is 0.254 e. The summed E-state index contributed by atoms with van der Waals surface area (Å²) in [6, 6.07) is 5.06. The van der Waals surface area contributed by atoms with Gasteiger partial charge in [-0.2, -0.15) is 0 Å². The van der Waals surface area contributed by atoms with Gasteiger partial charge in [0.15, 0.2) is 0 Å². The van der Waals surface area contributed by atoms with E-state index in [0.29, 0.717) is 29.4 Å². The van der Waals surface area contributed by atoms with Gasteiger partial charge >= 0.3 is 0 Å². The Morgan fingerprint density at radius 2 is 2.16 bits per heavy atom. The zero-order valence-electron chi connectivity index (χ0n) is 11.6. The molecule has 0 aliphatic carbocycles. The third-order valence-electron chi connectivity index (χ3n) is 3.09. The molecule has 106 valence electrons. The Balaban J connectivity index is 2.97. The van der Waals surface area contributed by atoms with Gasteiger partial charge in [0.05, 0.1) is 6.61 Å². The van der Waals surface area contributed by atoms with Gasteiger partial charge < -0.3 is 15.4 Å². The molecule has 1 amide bonds. The maximum atomic E-state index is 12.5. The maximum absolute atomic E-state index is 12.5. The van der Waals surface area contributed by atoms with E-state index in [-0.39, 0.29) is 11.9 Å². The fourth-order valence-corrected chi connectivity index (χ4v) is 2.08. The molecule has 0 aliphatic rings. The van der Waals surface area contributed by atoms with Crippen molar-refractivity contribution in [3.05, 3.63) is 28.8 Å². The molecule has 0 saturated heterocycles. The van der Waals surface area contributed by atoms with Crippen LogP contribution in [0.25, 0.3) is 0 Å². The first-order valence-electron chi connectivity index (χ1n) is 6.35. The molecule has 4 nitrogen and oxygen atoms in total. The number of rotatable bonds is 6. The highest BCUT2D eigenvalue weighted by Crippen LogP contribution is 2.19. The van der Waals surface area contributed by atoms with Crippen LogP contribution in [0.5, 0.6) is 0 Å². The van der Waals surface area contributed by atoms with Crippen LogP contribution in [0.2, 0.25) is 5.02 Å². The van der Waals surface area contributed by atoms with E-state index in [9.17, 15) is 4.79 Å². The SMILES string of the molecule is CCC(C)N(CCOC)C(=O)c1cc(N)cc(Cl)c1. The van der Waals surface area contributed by atoms with Crippen molar-refractivity contribution in [3.63, 3.8) is 0 Å². The Morgan fingerprint density at radius 1 is 1.47 bits per heavy atom. The Hall–Kier alpha value is -1.26. The van der Waals surface area contributed by atoms with Crippen molar-refractivity contribution in [1.29, 1.82) is 0 Å². The summed E-state index contributed by atoms with van der Waals surface area (Å²) in [5.41, 5.74) is 6.73. The second-order valence-electron chi connectivity index (χ2n) is 4.52. The second-order valence-corrected chi connectivity index (χ2v) is 4.96. The van der Waals surface area contributed by atoms with Crippen molar-refractivity contribution < 1.29 is 9.53 Å². The summed E-state index contributed by atoms with van der Waals surface area (Å²) in [4.78, 5) is 14.3. The topological polar surface area (TPSA) is 55.6 Å². The van der Waals surface area contributed by atoms with Crippen LogP contribution in [0.15, 0.2) is 18.2 Å². The number of ether oxygens (including phenoxy) is 1. The van der Waals surface area contributed by atoms with Crippen LogP contribution in [0, 0.1) is 0 Å². The van der Waals surface area contributed by atoms with Crippen LogP contribution in [-0.4, -0.2) is 37.1 Å². The zero-order valence-corrected chi connectivity index (χ0v) is 12.4. The predicted molar refractivity (Wildman–Crippen MR) is 78.5 cm³/mol. The molecule has 1 aromatic rings. The van der Waals surface area contributed by atoms with Gasteiger partial charge in [0.2, 0.25) is 0 Å². The fraction of sp³-hybridized carbons (Fsp3) is 0.500. The fourth-order valence-electron chi connectivity index (χ4n) is 1.83. The summed E-state index contributed by atoms with van der Waals surface area (Å²) in [7, 11) is 1.62. The number of nitrogens with zero attached hydrogens (tertiary/aromatic N) is 1. The minimum absolute atomic E-state index is 0.0689. The number of hydrogen-bond donors (Lipinski definition) is 1. The Labute approximate surface area is 119 Å². The second kappa shape index (κ2) is 7.36. The highest BCUT2D eigenvalue weighted by molar-refractivity contribution is 6.31. The molecule has 1 atom stereocenters. The van der Waals surface area contributed by atoms with Crippen LogP contribution >= 0.6 is 11.6 Å². The van der Waals surface area contributed by atoms with Gasteiger partial charge in [-0.05, 0) is 31.5 Å². The van der Waals surface area contributed by atoms with Crippen molar-refractivity contribution in [1.82, 2.24) is 4.90 Å². The average Bonchev–Trinajstić information content (AvgIpc) is 2.37. The van der Waals surface area contributed by atoms with Crippen molar-refractivity contribution in [2.24, 2.45) is 0 Å². The number of methoxy groups -OCH3 is 1. The first-order valence-corrected chi connectivity index (χ1v) is 6.73. The lowest BCUT2D eigenvalue weighted by Gasteiger charge is -2.28. The average molecular weight is 285 g/mol. The van der Waals surface area contributed by atoms with Gasteiger partial charge in [0.1, 0.15) is 0 Å². The van der Waals surface area contributed by atoms with Crippen molar-refractivity contribution in [3.8, 4) is 0 Å². The molecule has 0 heterocycles. The number of hydrogen-bond acceptors (Lipinski definition) is 3. The lowest BCUT2D eigenvalue weighted by atomic mass is 10.1. The number of benzene rings is 1. The van der Waals surface area contributed by atoms with Crippen LogP contribution in [-0.2, 0) is 4.74 Å². The molecule has 0 fully saturated rings. The minimum atomic E-state index is -0.0689. The first-order chi connectivity index (χ1) is 8.99. The molecule has 0 aromatic heterocycles. The predicted octanol–water partition coefficient (Wildman–Crippen LogP) is 2.81. The van der Waals surface area contributed by atoms with E-state index in [1.807, 2.05) is 13.8 Å². The van der Waals surface area contributed by atoms with E-state index in [1.165, 1.54) is 0 Å². The largest absolute Gasteiger partial charge is 0.399 e. The molecule has 2 N–H and O–H groups in total. The molecule has 1 rings (SSSR count). The van der Waals surface area contributed by atoms with Crippen LogP contribution in [0.3, 0.4) is 0 Å². The van der Waals surface area contributed by atoms with Gasteiger partial charge in [0, 0.05) is 36.0 Å². The van der Waals surface area contributed by atoms with Crippen LogP contribution in [0.4, 0.5) is 5.69 Å². The lowest BCUT2D eigenvalue weighted by Crippen LogP contribution is -2.40. The number of halogens is 1. The summed E-state index contributed by atoms with van der Waals surface area (Å²) in [5, 5.41) is 0.471. The molecule has 5 heteroatoms. The van der Waals surface area contributed by atoms with Crippen molar-refractivity contribution in [2.45, 2.75) is 26.3 Å². The minimum Gasteiger partial charge on any atom is -0.399 e. The quantitative estimate of drug-likeness (QED) is 0.817. The molecule has 0 saturated carbocycles. The van der Waals surface area contributed by atoms with Gasteiger partial charge in [-0.3, -0.25) is 4.79 Å². The first kappa shape index (κ1) is 15.8. The molecular formula is C14H21ClN2O2. The summed E-state index contributed by atoms with van der Waals surface area (Å²) >= 11 is 5.94. The van der Waals surface area contributed by atoms with Gasteiger partial charge in [-0.15, -0.1) is 0 Å². The van der Waals surface area contributed by atoms with E-state index in [1.54, 1.807) is 30.2 Å². The Morgan fingerprint density at radius 3 is 2.68 bits per heavy atom. The van der Waals surface area contributed by atoms with E-state index < -0.39 is 0 Å². The molecule has 19 heavy (non-hydrogen) atoms. The lowest BCUT2D eigenvalue weighted by molar-refractivity contribution is 0.0614. The number of carbonyl (C=O) groups is 1. The third kappa shape index (κ3) is 4.40. The van der Waals surface area contributed by atoms with Crippen LogP contribution in [0.1, 0.15) is 30.6 Å². The molecule has 0 radical (unpaired) electrons. The molecule has 1 aromatic carbocycles. The van der Waals surface area contributed by atoms with Gasteiger partial charge in [-0.25, -0.2) is 0 Å². The van der Waals surface area contributed by atoms with E-state index >= 15 is 0 Å². The number of nitrogen functional groups attached to an aromatic ring is 1. The van der Waals surface area contributed by atoms with E-state index in [2.05, 4.69) is 0 Å². The van der Waals surface area contributed by atoms with E-state index in [4.69, 9.17) is 22.1 Å². The molecule has 1 unspecified atom stereocenters. The standard InChI is InChI=1S/C14H21ClN2O2/c1-4-10(2)17(5-6-19-3)14(18)11-7-12(15)9-13(16)8-11/h7-10H,4-6,16H2,1-3H3. The zero-order chi connectivity index (χ0) is 14.4. The highest BCUT2D eigenvalue weighted by atomic mass is 35.5. The highest BCUT2D eigenvalue weighted by Gasteiger charge is 2.20.